The molecule has 1 amide bonds. The van der Waals surface area contributed by atoms with E-state index >= 15 is 0 Å². The molecular formula is C13H19N5O. The van der Waals surface area contributed by atoms with Crippen LogP contribution in [0.5, 0.6) is 0 Å². The quantitative estimate of drug-likeness (QED) is 0.719. The van der Waals surface area contributed by atoms with Gasteiger partial charge in [-0.05, 0) is 13.8 Å². The van der Waals surface area contributed by atoms with Crippen LogP contribution in [0, 0.1) is 25.2 Å². The number of amides is 1. The number of aromatic nitrogens is 2. The van der Waals surface area contributed by atoms with Gasteiger partial charge in [0.15, 0.2) is 0 Å². The number of piperazine rings is 1. The fourth-order valence-electron chi connectivity index (χ4n) is 2.45. The number of hydrogen-bond acceptors (Lipinski definition) is 4. The third-order valence-corrected chi connectivity index (χ3v) is 3.68. The maximum absolute atomic E-state index is 12.5. The molecule has 0 saturated carbocycles. The monoisotopic (exact) mass is 261 g/mol. The summed E-state index contributed by atoms with van der Waals surface area (Å²) in [5.74, 6) is 0.0553. The molecule has 6 nitrogen and oxygen atoms in total. The molecule has 0 N–H and O–H groups in total. The van der Waals surface area contributed by atoms with E-state index in [0.29, 0.717) is 19.6 Å². The zero-order chi connectivity index (χ0) is 14.0. The van der Waals surface area contributed by atoms with E-state index in [1.165, 1.54) is 0 Å². The summed E-state index contributed by atoms with van der Waals surface area (Å²) in [5, 5.41) is 13.0. The first-order chi connectivity index (χ1) is 9.04. The Hall–Kier alpha value is -1.87. The van der Waals surface area contributed by atoms with E-state index in [9.17, 15) is 4.79 Å². The molecule has 1 fully saturated rings. The summed E-state index contributed by atoms with van der Waals surface area (Å²) in [4.78, 5) is 16.4. The minimum atomic E-state index is 0.0553. The van der Waals surface area contributed by atoms with Gasteiger partial charge < -0.3 is 4.90 Å². The molecule has 6 heteroatoms. The van der Waals surface area contributed by atoms with Crippen LogP contribution in [-0.2, 0) is 7.05 Å². The van der Waals surface area contributed by atoms with Crippen LogP contribution < -0.4 is 0 Å². The summed E-state index contributed by atoms with van der Waals surface area (Å²) in [6.07, 6.45) is 0. The van der Waals surface area contributed by atoms with Gasteiger partial charge in [-0.25, -0.2) is 0 Å². The van der Waals surface area contributed by atoms with Crippen molar-refractivity contribution < 1.29 is 4.79 Å². The van der Waals surface area contributed by atoms with Gasteiger partial charge >= 0.3 is 0 Å². The number of carbonyl (C=O) groups is 1. The molecule has 19 heavy (non-hydrogen) atoms. The SMILES string of the molecule is Cc1nn(C)c(C)c1C(=O)N1CCN(CC#N)CC1. The van der Waals surface area contributed by atoms with E-state index in [1.54, 1.807) is 4.68 Å². The van der Waals surface area contributed by atoms with E-state index in [4.69, 9.17) is 5.26 Å². The van der Waals surface area contributed by atoms with Crippen LogP contribution in [0.1, 0.15) is 21.7 Å². The van der Waals surface area contributed by atoms with Gasteiger partial charge in [0.2, 0.25) is 0 Å². The predicted octanol–water partition coefficient (Wildman–Crippen LogP) is 0.318. The fourth-order valence-corrected chi connectivity index (χ4v) is 2.45. The first-order valence-electron chi connectivity index (χ1n) is 6.43. The smallest absolute Gasteiger partial charge is 0.257 e. The van der Waals surface area contributed by atoms with E-state index in [1.807, 2.05) is 25.8 Å². The van der Waals surface area contributed by atoms with Gasteiger partial charge in [-0.15, -0.1) is 0 Å². The Kier molecular flexibility index (Phi) is 3.86. The van der Waals surface area contributed by atoms with Gasteiger partial charge in [0.25, 0.3) is 5.91 Å². The number of rotatable bonds is 2. The molecule has 1 saturated heterocycles. The average molecular weight is 261 g/mol. The molecule has 1 aliphatic rings. The second kappa shape index (κ2) is 5.41. The van der Waals surface area contributed by atoms with Crippen molar-refractivity contribution in [1.29, 1.82) is 5.26 Å². The van der Waals surface area contributed by atoms with Crippen LogP contribution in [0.15, 0.2) is 0 Å². The molecule has 2 heterocycles. The lowest BCUT2D eigenvalue weighted by Gasteiger charge is -2.33. The van der Waals surface area contributed by atoms with Crippen molar-refractivity contribution >= 4 is 5.91 Å². The highest BCUT2D eigenvalue weighted by Crippen LogP contribution is 2.16. The molecule has 1 aliphatic heterocycles. The minimum absolute atomic E-state index is 0.0553. The van der Waals surface area contributed by atoms with Crippen molar-refractivity contribution in [3.63, 3.8) is 0 Å². The number of carbonyl (C=O) groups excluding carboxylic acids is 1. The summed E-state index contributed by atoms with van der Waals surface area (Å²) >= 11 is 0. The first-order valence-corrected chi connectivity index (χ1v) is 6.43. The van der Waals surface area contributed by atoms with Crippen molar-refractivity contribution in [2.75, 3.05) is 32.7 Å². The highest BCUT2D eigenvalue weighted by Gasteiger charge is 2.26. The van der Waals surface area contributed by atoms with E-state index in [2.05, 4.69) is 16.1 Å². The summed E-state index contributed by atoms with van der Waals surface area (Å²) < 4.78 is 1.74. The maximum Gasteiger partial charge on any atom is 0.257 e. The van der Waals surface area contributed by atoms with E-state index < -0.39 is 0 Å². The number of aryl methyl sites for hydroxylation is 2. The molecule has 102 valence electrons. The van der Waals surface area contributed by atoms with Crippen molar-refractivity contribution in [2.24, 2.45) is 7.05 Å². The number of hydrogen-bond donors (Lipinski definition) is 0. The van der Waals surface area contributed by atoms with Crippen molar-refractivity contribution in [3.05, 3.63) is 17.0 Å². The molecule has 0 aliphatic carbocycles. The summed E-state index contributed by atoms with van der Waals surface area (Å²) in [5.41, 5.74) is 2.41. The van der Waals surface area contributed by atoms with Crippen LogP contribution in [0.4, 0.5) is 0 Å². The molecule has 0 bridgehead atoms. The third-order valence-electron chi connectivity index (χ3n) is 3.68. The van der Waals surface area contributed by atoms with Gasteiger partial charge in [-0.3, -0.25) is 14.4 Å². The lowest BCUT2D eigenvalue weighted by atomic mass is 10.1. The molecule has 0 atom stereocenters. The maximum atomic E-state index is 12.5. The highest BCUT2D eigenvalue weighted by molar-refractivity contribution is 5.96. The Labute approximate surface area is 113 Å². The van der Waals surface area contributed by atoms with Crippen LogP contribution in [-0.4, -0.2) is 58.2 Å². The molecule has 1 aromatic heterocycles. The van der Waals surface area contributed by atoms with Crippen LogP contribution in [0.2, 0.25) is 0 Å². The lowest BCUT2D eigenvalue weighted by Crippen LogP contribution is -2.48. The largest absolute Gasteiger partial charge is 0.336 e. The summed E-state index contributed by atoms with van der Waals surface area (Å²) in [7, 11) is 1.85. The first kappa shape index (κ1) is 13.6. The molecule has 2 rings (SSSR count). The van der Waals surface area contributed by atoms with Crippen LogP contribution in [0.3, 0.4) is 0 Å². The minimum Gasteiger partial charge on any atom is -0.336 e. The summed E-state index contributed by atoms with van der Waals surface area (Å²) in [6.45, 7) is 7.09. The molecule has 0 aromatic carbocycles. The number of nitriles is 1. The van der Waals surface area contributed by atoms with Crippen LogP contribution in [0.25, 0.3) is 0 Å². The topological polar surface area (TPSA) is 65.2 Å². The number of nitrogens with zero attached hydrogens (tertiary/aromatic N) is 5. The summed E-state index contributed by atoms with van der Waals surface area (Å²) in [6, 6.07) is 2.14. The Morgan fingerprint density at radius 3 is 2.42 bits per heavy atom. The molecule has 0 unspecified atom stereocenters. The van der Waals surface area contributed by atoms with E-state index in [-0.39, 0.29) is 5.91 Å². The molecular weight excluding hydrogens is 242 g/mol. The Morgan fingerprint density at radius 1 is 1.32 bits per heavy atom. The second-order valence-corrected chi connectivity index (χ2v) is 4.90. The molecule has 0 radical (unpaired) electrons. The second-order valence-electron chi connectivity index (χ2n) is 4.90. The fraction of sp³-hybridized carbons (Fsp3) is 0.615. The van der Waals surface area contributed by atoms with Crippen molar-refractivity contribution in [2.45, 2.75) is 13.8 Å². The van der Waals surface area contributed by atoms with Gasteiger partial charge in [-0.1, -0.05) is 0 Å². The average Bonchev–Trinajstić information content (AvgIpc) is 2.64. The normalized spacial score (nSPS) is 16.4. The zero-order valence-corrected chi connectivity index (χ0v) is 11.7. The molecule has 0 spiro atoms. The van der Waals surface area contributed by atoms with Crippen LogP contribution >= 0.6 is 0 Å². The standard InChI is InChI=1S/C13H19N5O/c1-10-12(11(2)16(3)15-10)13(19)18-8-6-17(5-4-14)7-9-18/h5-9H2,1-3H3. The predicted molar refractivity (Wildman–Crippen MR) is 70.6 cm³/mol. The van der Waals surface area contributed by atoms with E-state index in [0.717, 1.165) is 30.0 Å². The van der Waals surface area contributed by atoms with Gasteiger partial charge in [0.1, 0.15) is 0 Å². The Bertz CT molecular complexity index is 520. The molecule has 1 aromatic rings. The Morgan fingerprint density at radius 2 is 1.95 bits per heavy atom. The zero-order valence-electron chi connectivity index (χ0n) is 11.7. The van der Waals surface area contributed by atoms with Crippen molar-refractivity contribution in [1.82, 2.24) is 19.6 Å². The highest BCUT2D eigenvalue weighted by atomic mass is 16.2. The lowest BCUT2D eigenvalue weighted by molar-refractivity contribution is 0.0650. The van der Waals surface area contributed by atoms with Gasteiger partial charge in [0.05, 0.1) is 23.9 Å². The van der Waals surface area contributed by atoms with Crippen molar-refractivity contribution in [3.8, 4) is 6.07 Å². The third kappa shape index (κ3) is 2.61. The Balaban J connectivity index is 2.08. The van der Waals surface area contributed by atoms with Gasteiger partial charge in [0, 0.05) is 38.9 Å². The van der Waals surface area contributed by atoms with Gasteiger partial charge in [-0.2, -0.15) is 10.4 Å².